The Labute approximate surface area is 104 Å². The molecule has 1 unspecified atom stereocenters. The summed E-state index contributed by atoms with van der Waals surface area (Å²) in [6, 6.07) is 5.21. The normalized spacial score (nSPS) is 11.9. The fourth-order valence-corrected chi connectivity index (χ4v) is 1.44. The second-order valence-corrected chi connectivity index (χ2v) is 3.87. The van der Waals surface area contributed by atoms with E-state index in [4.69, 9.17) is 4.74 Å². The van der Waals surface area contributed by atoms with Crippen molar-refractivity contribution >= 4 is 11.7 Å². The first-order valence-corrected chi connectivity index (χ1v) is 5.66. The number of esters is 1. The molecular formula is C12H15NO5. The molecule has 1 N–H and O–H groups in total. The van der Waals surface area contributed by atoms with Crippen LogP contribution in [0.2, 0.25) is 0 Å². The minimum Gasteiger partial charge on any atom is -0.426 e. The van der Waals surface area contributed by atoms with Crippen molar-refractivity contribution < 1.29 is 19.6 Å². The highest BCUT2D eigenvalue weighted by molar-refractivity contribution is 5.72. The van der Waals surface area contributed by atoms with Crippen molar-refractivity contribution in [2.45, 2.75) is 32.3 Å². The van der Waals surface area contributed by atoms with E-state index in [9.17, 15) is 20.0 Å². The van der Waals surface area contributed by atoms with Gasteiger partial charge in [-0.2, -0.15) is 0 Å². The average molecular weight is 253 g/mol. The number of hydrogen-bond donors (Lipinski definition) is 1. The Morgan fingerprint density at radius 2 is 2.06 bits per heavy atom. The minimum absolute atomic E-state index is 0.0687. The molecule has 0 fully saturated rings. The van der Waals surface area contributed by atoms with Crippen LogP contribution in [0.4, 0.5) is 5.69 Å². The van der Waals surface area contributed by atoms with E-state index in [-0.39, 0.29) is 17.9 Å². The van der Waals surface area contributed by atoms with Gasteiger partial charge in [-0.3, -0.25) is 14.9 Å². The molecule has 1 aromatic rings. The summed E-state index contributed by atoms with van der Waals surface area (Å²) in [5.74, 6) is -0.320. The molecule has 6 heteroatoms. The molecule has 0 aromatic heterocycles. The number of nitrogens with zero attached hydrogens (tertiary/aromatic N) is 1. The molecule has 0 aliphatic rings. The maximum Gasteiger partial charge on any atom is 0.313 e. The van der Waals surface area contributed by atoms with E-state index in [1.807, 2.05) is 6.92 Å². The number of hydrogen-bond acceptors (Lipinski definition) is 5. The number of non-ortho nitro benzene ring substituents is 1. The van der Waals surface area contributed by atoms with Crippen molar-refractivity contribution in [2.75, 3.05) is 0 Å². The van der Waals surface area contributed by atoms with Gasteiger partial charge >= 0.3 is 5.97 Å². The molecule has 0 saturated carbocycles. The van der Waals surface area contributed by atoms with Crippen LogP contribution < -0.4 is 4.74 Å². The number of ether oxygens (including phenoxy) is 1. The fraction of sp³-hybridized carbons (Fsp3) is 0.417. The highest BCUT2D eigenvalue weighted by Gasteiger charge is 2.12. The van der Waals surface area contributed by atoms with Crippen molar-refractivity contribution in [1.82, 2.24) is 0 Å². The van der Waals surface area contributed by atoms with E-state index in [2.05, 4.69) is 0 Å². The maximum atomic E-state index is 11.4. The Hall–Kier alpha value is -1.95. The smallest absolute Gasteiger partial charge is 0.313 e. The number of carbonyl (C=O) groups is 1. The first kappa shape index (κ1) is 14.1. The first-order chi connectivity index (χ1) is 8.52. The Bertz CT molecular complexity index is 415. The summed E-state index contributed by atoms with van der Waals surface area (Å²) in [5, 5.41) is 19.8. The van der Waals surface area contributed by atoms with Gasteiger partial charge in [0.25, 0.3) is 5.69 Å². The van der Waals surface area contributed by atoms with Crippen LogP contribution in [0, 0.1) is 10.1 Å². The number of aliphatic hydroxyl groups is 1. The second kappa shape index (κ2) is 6.70. The van der Waals surface area contributed by atoms with Gasteiger partial charge in [-0.1, -0.05) is 13.3 Å². The van der Waals surface area contributed by atoms with Crippen molar-refractivity contribution in [1.29, 1.82) is 0 Å². The number of aliphatic hydroxyl groups excluding tert-OH is 1. The molecule has 1 aromatic carbocycles. The minimum atomic E-state index is -0.708. The highest BCUT2D eigenvalue weighted by atomic mass is 16.6. The summed E-state index contributed by atoms with van der Waals surface area (Å²) >= 11 is 0. The molecule has 18 heavy (non-hydrogen) atoms. The number of benzene rings is 1. The topological polar surface area (TPSA) is 89.7 Å². The molecule has 0 aliphatic heterocycles. The number of carbonyl (C=O) groups excluding carboxylic acids is 1. The number of nitro benzene ring substituents is 1. The lowest BCUT2D eigenvalue weighted by atomic mass is 10.1. The Balaban J connectivity index is 2.51. The van der Waals surface area contributed by atoms with E-state index in [1.165, 1.54) is 24.3 Å². The van der Waals surface area contributed by atoms with Crippen LogP contribution in [0.25, 0.3) is 0 Å². The van der Waals surface area contributed by atoms with Crippen molar-refractivity contribution in [3.63, 3.8) is 0 Å². The fourth-order valence-electron chi connectivity index (χ4n) is 1.44. The summed E-state index contributed by atoms with van der Waals surface area (Å²) in [4.78, 5) is 21.3. The van der Waals surface area contributed by atoms with Gasteiger partial charge in [-0.05, 0) is 18.6 Å². The third-order valence-corrected chi connectivity index (χ3v) is 2.30. The summed E-state index contributed by atoms with van der Waals surface area (Å²) in [6.07, 6.45) is 0.534. The van der Waals surface area contributed by atoms with Crippen LogP contribution >= 0.6 is 0 Å². The van der Waals surface area contributed by atoms with Crippen molar-refractivity contribution in [3.8, 4) is 5.75 Å². The molecule has 0 heterocycles. The third kappa shape index (κ3) is 4.50. The predicted molar refractivity (Wildman–Crippen MR) is 64.3 cm³/mol. The molecule has 0 spiro atoms. The molecule has 0 saturated heterocycles. The summed E-state index contributed by atoms with van der Waals surface area (Å²) in [7, 11) is 0. The van der Waals surface area contributed by atoms with Gasteiger partial charge in [0.1, 0.15) is 5.75 Å². The average Bonchev–Trinajstić information content (AvgIpc) is 2.29. The van der Waals surface area contributed by atoms with Gasteiger partial charge < -0.3 is 9.84 Å². The zero-order valence-corrected chi connectivity index (χ0v) is 10.0. The Morgan fingerprint density at radius 1 is 1.44 bits per heavy atom. The lowest BCUT2D eigenvalue weighted by Crippen LogP contribution is -2.17. The van der Waals surface area contributed by atoms with Crippen LogP contribution in [0.1, 0.15) is 26.2 Å². The maximum absolute atomic E-state index is 11.4. The van der Waals surface area contributed by atoms with E-state index >= 15 is 0 Å². The Kier molecular flexibility index (Phi) is 5.26. The van der Waals surface area contributed by atoms with Crippen molar-refractivity contribution in [2.24, 2.45) is 0 Å². The second-order valence-electron chi connectivity index (χ2n) is 3.87. The van der Waals surface area contributed by atoms with Crippen LogP contribution in [-0.4, -0.2) is 22.1 Å². The molecule has 1 atom stereocenters. The summed E-state index contributed by atoms with van der Waals surface area (Å²) in [5.41, 5.74) is -0.0687. The molecule has 98 valence electrons. The number of nitro groups is 1. The standard InChI is InChI=1S/C12H15NO5/c1-2-3-10(14)8-12(15)18-11-6-4-9(5-7-11)13(16)17/h4-7,10,14H,2-3,8H2,1H3. The molecule has 6 nitrogen and oxygen atoms in total. The molecule has 0 radical (unpaired) electrons. The van der Waals surface area contributed by atoms with Gasteiger partial charge in [0.15, 0.2) is 0 Å². The molecule has 0 aliphatic carbocycles. The van der Waals surface area contributed by atoms with Crippen LogP contribution in [0.15, 0.2) is 24.3 Å². The van der Waals surface area contributed by atoms with Crippen LogP contribution in [0.3, 0.4) is 0 Å². The quantitative estimate of drug-likeness (QED) is 0.362. The Morgan fingerprint density at radius 3 is 2.56 bits per heavy atom. The van der Waals surface area contributed by atoms with Crippen molar-refractivity contribution in [3.05, 3.63) is 34.4 Å². The molecule has 1 rings (SSSR count). The van der Waals surface area contributed by atoms with E-state index < -0.39 is 17.0 Å². The lowest BCUT2D eigenvalue weighted by molar-refractivity contribution is -0.384. The van der Waals surface area contributed by atoms with Gasteiger partial charge in [0, 0.05) is 12.1 Å². The van der Waals surface area contributed by atoms with E-state index in [0.717, 1.165) is 6.42 Å². The summed E-state index contributed by atoms with van der Waals surface area (Å²) in [6.45, 7) is 1.91. The van der Waals surface area contributed by atoms with Gasteiger partial charge in [-0.25, -0.2) is 0 Å². The predicted octanol–water partition coefficient (Wildman–Crippen LogP) is 2.05. The zero-order valence-electron chi connectivity index (χ0n) is 10.0. The van der Waals surface area contributed by atoms with Gasteiger partial charge in [0.05, 0.1) is 17.4 Å². The third-order valence-electron chi connectivity index (χ3n) is 2.30. The largest absolute Gasteiger partial charge is 0.426 e. The molecule has 0 amide bonds. The monoisotopic (exact) mass is 253 g/mol. The van der Waals surface area contributed by atoms with Crippen LogP contribution in [-0.2, 0) is 4.79 Å². The highest BCUT2D eigenvalue weighted by Crippen LogP contribution is 2.18. The molecule has 0 bridgehead atoms. The van der Waals surface area contributed by atoms with Crippen LogP contribution in [0.5, 0.6) is 5.75 Å². The van der Waals surface area contributed by atoms with Gasteiger partial charge in [0.2, 0.25) is 0 Å². The van der Waals surface area contributed by atoms with E-state index in [1.54, 1.807) is 0 Å². The first-order valence-electron chi connectivity index (χ1n) is 5.66. The summed E-state index contributed by atoms with van der Waals surface area (Å²) < 4.78 is 4.94. The zero-order chi connectivity index (χ0) is 13.5. The SMILES string of the molecule is CCCC(O)CC(=O)Oc1ccc([N+](=O)[O-])cc1. The van der Waals surface area contributed by atoms with E-state index in [0.29, 0.717) is 6.42 Å². The lowest BCUT2D eigenvalue weighted by Gasteiger charge is -2.08. The molecular weight excluding hydrogens is 238 g/mol. The number of rotatable bonds is 6. The van der Waals surface area contributed by atoms with Gasteiger partial charge in [-0.15, -0.1) is 0 Å².